The average molecular weight is 276 g/mol. The zero-order chi connectivity index (χ0) is 14.7. The number of anilines is 2. The molecule has 4 nitrogen and oxygen atoms in total. The molecule has 3 unspecified atom stereocenters. The molecule has 2 N–H and O–H groups in total. The molecule has 2 rings (SSSR count). The third-order valence-electron chi connectivity index (χ3n) is 4.60. The Balaban J connectivity index is 2.15. The lowest BCUT2D eigenvalue weighted by Crippen LogP contribution is -2.25. The predicted molar refractivity (Wildman–Crippen MR) is 85.3 cm³/mol. The average Bonchev–Trinajstić information content (AvgIpc) is 2.79. The molecular formula is C16H28N4. The molecule has 1 aromatic heterocycles. The standard InChI is InChI=1S/C16H28N4/c1-6-12-7-8-13(11(12)4)18-15-9-14(17-5)19-16(20-15)10(2)3/h9-13H,6-8H2,1-5H3,(H2,17,18,19,20). The van der Waals surface area contributed by atoms with Crippen molar-refractivity contribution in [3.05, 3.63) is 11.9 Å². The molecule has 4 heteroatoms. The highest BCUT2D eigenvalue weighted by molar-refractivity contribution is 5.48. The van der Waals surface area contributed by atoms with Gasteiger partial charge in [0.05, 0.1) is 0 Å². The summed E-state index contributed by atoms with van der Waals surface area (Å²) in [7, 11) is 1.90. The van der Waals surface area contributed by atoms with Crippen molar-refractivity contribution in [2.24, 2.45) is 11.8 Å². The van der Waals surface area contributed by atoms with E-state index < -0.39 is 0 Å². The van der Waals surface area contributed by atoms with Gasteiger partial charge in [-0.05, 0) is 24.7 Å². The summed E-state index contributed by atoms with van der Waals surface area (Å²) in [6.45, 7) is 8.92. The minimum absolute atomic E-state index is 0.341. The first kappa shape index (κ1) is 15.1. The van der Waals surface area contributed by atoms with Crippen LogP contribution in [0, 0.1) is 11.8 Å². The maximum Gasteiger partial charge on any atom is 0.135 e. The van der Waals surface area contributed by atoms with Crippen LogP contribution in [0.2, 0.25) is 0 Å². The Morgan fingerprint density at radius 2 is 1.95 bits per heavy atom. The van der Waals surface area contributed by atoms with Gasteiger partial charge >= 0.3 is 0 Å². The van der Waals surface area contributed by atoms with Crippen molar-refractivity contribution in [3.63, 3.8) is 0 Å². The van der Waals surface area contributed by atoms with E-state index in [9.17, 15) is 0 Å². The van der Waals surface area contributed by atoms with Gasteiger partial charge in [-0.2, -0.15) is 0 Å². The third-order valence-corrected chi connectivity index (χ3v) is 4.60. The van der Waals surface area contributed by atoms with Crippen LogP contribution in [0.3, 0.4) is 0 Å². The van der Waals surface area contributed by atoms with Crippen LogP contribution in [0.4, 0.5) is 11.6 Å². The van der Waals surface area contributed by atoms with Crippen molar-refractivity contribution in [2.75, 3.05) is 17.7 Å². The number of nitrogens with one attached hydrogen (secondary N) is 2. The fraction of sp³-hybridized carbons (Fsp3) is 0.750. The Hall–Kier alpha value is -1.32. The summed E-state index contributed by atoms with van der Waals surface area (Å²) >= 11 is 0. The van der Waals surface area contributed by atoms with E-state index >= 15 is 0 Å². The summed E-state index contributed by atoms with van der Waals surface area (Å²) in [5.41, 5.74) is 0. The molecule has 3 atom stereocenters. The van der Waals surface area contributed by atoms with Gasteiger partial charge in [0, 0.05) is 25.1 Å². The van der Waals surface area contributed by atoms with Gasteiger partial charge in [-0.1, -0.05) is 34.1 Å². The van der Waals surface area contributed by atoms with E-state index in [1.165, 1.54) is 19.3 Å². The topological polar surface area (TPSA) is 49.8 Å². The Labute approximate surface area is 122 Å². The van der Waals surface area contributed by atoms with Gasteiger partial charge < -0.3 is 10.6 Å². The molecular weight excluding hydrogens is 248 g/mol. The smallest absolute Gasteiger partial charge is 0.135 e. The van der Waals surface area contributed by atoms with Crippen molar-refractivity contribution in [2.45, 2.75) is 58.9 Å². The highest BCUT2D eigenvalue weighted by Crippen LogP contribution is 2.35. The molecule has 0 saturated heterocycles. The quantitative estimate of drug-likeness (QED) is 0.857. The Bertz CT molecular complexity index is 444. The number of hydrogen-bond donors (Lipinski definition) is 2. The molecule has 0 radical (unpaired) electrons. The molecule has 1 heterocycles. The van der Waals surface area contributed by atoms with Gasteiger partial charge in [-0.15, -0.1) is 0 Å². The van der Waals surface area contributed by atoms with Crippen molar-refractivity contribution in [1.82, 2.24) is 9.97 Å². The summed E-state index contributed by atoms with van der Waals surface area (Å²) < 4.78 is 0. The normalized spacial score (nSPS) is 26.0. The second-order valence-corrected chi connectivity index (χ2v) is 6.26. The van der Waals surface area contributed by atoms with E-state index in [1.807, 2.05) is 13.1 Å². The van der Waals surface area contributed by atoms with E-state index in [0.29, 0.717) is 12.0 Å². The summed E-state index contributed by atoms with van der Waals surface area (Å²) in [6, 6.07) is 2.55. The maximum atomic E-state index is 4.67. The molecule has 20 heavy (non-hydrogen) atoms. The molecule has 0 aromatic carbocycles. The van der Waals surface area contributed by atoms with Gasteiger partial charge in [0.25, 0.3) is 0 Å². The molecule has 0 spiro atoms. The third kappa shape index (κ3) is 3.22. The van der Waals surface area contributed by atoms with Crippen LogP contribution in [0.25, 0.3) is 0 Å². The molecule has 1 aliphatic carbocycles. The van der Waals surface area contributed by atoms with Gasteiger partial charge in [0.1, 0.15) is 17.5 Å². The van der Waals surface area contributed by atoms with E-state index in [2.05, 4.69) is 48.3 Å². The molecule has 112 valence electrons. The zero-order valence-corrected chi connectivity index (χ0v) is 13.4. The van der Waals surface area contributed by atoms with Crippen LogP contribution in [0.5, 0.6) is 0 Å². The Morgan fingerprint density at radius 1 is 1.25 bits per heavy atom. The number of rotatable bonds is 5. The molecule has 0 amide bonds. The molecule has 0 bridgehead atoms. The maximum absolute atomic E-state index is 4.67. The van der Waals surface area contributed by atoms with E-state index in [0.717, 1.165) is 29.3 Å². The van der Waals surface area contributed by atoms with Crippen LogP contribution in [0.15, 0.2) is 6.07 Å². The largest absolute Gasteiger partial charge is 0.373 e. The van der Waals surface area contributed by atoms with E-state index in [1.54, 1.807) is 0 Å². The van der Waals surface area contributed by atoms with E-state index in [4.69, 9.17) is 0 Å². The fourth-order valence-corrected chi connectivity index (χ4v) is 3.14. The highest BCUT2D eigenvalue weighted by atomic mass is 15.1. The van der Waals surface area contributed by atoms with Crippen molar-refractivity contribution >= 4 is 11.6 Å². The molecule has 1 aromatic rings. The van der Waals surface area contributed by atoms with Gasteiger partial charge in [-0.25, -0.2) is 9.97 Å². The van der Waals surface area contributed by atoms with Crippen LogP contribution in [-0.4, -0.2) is 23.1 Å². The number of nitrogens with zero attached hydrogens (tertiary/aromatic N) is 2. The lowest BCUT2D eigenvalue weighted by molar-refractivity contribution is 0.391. The first-order valence-electron chi connectivity index (χ1n) is 7.88. The Kier molecular flexibility index (Phi) is 4.84. The van der Waals surface area contributed by atoms with E-state index in [-0.39, 0.29) is 0 Å². The van der Waals surface area contributed by atoms with Crippen LogP contribution < -0.4 is 10.6 Å². The van der Waals surface area contributed by atoms with Crippen LogP contribution >= 0.6 is 0 Å². The van der Waals surface area contributed by atoms with Crippen molar-refractivity contribution in [3.8, 4) is 0 Å². The van der Waals surface area contributed by atoms with Crippen LogP contribution in [-0.2, 0) is 0 Å². The second kappa shape index (κ2) is 6.42. The molecule has 1 saturated carbocycles. The summed E-state index contributed by atoms with van der Waals surface area (Å²) in [5.74, 6) is 4.66. The predicted octanol–water partition coefficient (Wildman–Crippen LogP) is 3.88. The summed E-state index contributed by atoms with van der Waals surface area (Å²) in [5, 5.41) is 6.76. The Morgan fingerprint density at radius 3 is 2.50 bits per heavy atom. The number of hydrogen-bond acceptors (Lipinski definition) is 4. The van der Waals surface area contributed by atoms with Gasteiger partial charge in [0.2, 0.25) is 0 Å². The molecule has 1 aliphatic rings. The first-order valence-corrected chi connectivity index (χ1v) is 7.88. The lowest BCUT2D eigenvalue weighted by Gasteiger charge is -2.22. The van der Waals surface area contributed by atoms with Crippen molar-refractivity contribution < 1.29 is 0 Å². The summed E-state index contributed by atoms with van der Waals surface area (Å²) in [6.07, 6.45) is 3.86. The zero-order valence-electron chi connectivity index (χ0n) is 13.4. The summed E-state index contributed by atoms with van der Waals surface area (Å²) in [4.78, 5) is 9.18. The number of aromatic nitrogens is 2. The molecule has 1 fully saturated rings. The first-order chi connectivity index (χ1) is 9.55. The minimum atomic E-state index is 0.341. The van der Waals surface area contributed by atoms with Gasteiger partial charge in [0.15, 0.2) is 0 Å². The minimum Gasteiger partial charge on any atom is -0.373 e. The SMILES string of the molecule is CCC1CCC(Nc2cc(NC)nc(C(C)C)n2)C1C. The molecule has 0 aliphatic heterocycles. The lowest BCUT2D eigenvalue weighted by atomic mass is 9.93. The highest BCUT2D eigenvalue weighted by Gasteiger charge is 2.31. The fourth-order valence-electron chi connectivity index (χ4n) is 3.14. The van der Waals surface area contributed by atoms with Gasteiger partial charge in [-0.3, -0.25) is 0 Å². The monoisotopic (exact) mass is 276 g/mol. The second-order valence-electron chi connectivity index (χ2n) is 6.26. The van der Waals surface area contributed by atoms with Crippen LogP contribution in [0.1, 0.15) is 58.7 Å². The van der Waals surface area contributed by atoms with Crippen molar-refractivity contribution in [1.29, 1.82) is 0 Å².